The predicted molar refractivity (Wildman–Crippen MR) is 57.2 cm³/mol. The van der Waals surface area contributed by atoms with Crippen LogP contribution in [0.15, 0.2) is 36.4 Å². The Balaban J connectivity index is 1.98. The molecule has 0 N–H and O–H groups in total. The van der Waals surface area contributed by atoms with Crippen LogP contribution in [0.4, 0.5) is 4.39 Å². The maximum atomic E-state index is 12.6. The Morgan fingerprint density at radius 1 is 1.20 bits per heavy atom. The van der Waals surface area contributed by atoms with Gasteiger partial charge in [0.1, 0.15) is 5.82 Å². The van der Waals surface area contributed by atoms with E-state index < -0.39 is 0 Å². The van der Waals surface area contributed by atoms with Gasteiger partial charge in [0.05, 0.1) is 0 Å². The molecule has 2 rings (SSSR count). The molecule has 0 heterocycles. The summed E-state index contributed by atoms with van der Waals surface area (Å²) >= 11 is 0. The van der Waals surface area contributed by atoms with Gasteiger partial charge in [0.25, 0.3) is 0 Å². The van der Waals surface area contributed by atoms with Gasteiger partial charge in [-0.3, -0.25) is 4.79 Å². The Morgan fingerprint density at radius 3 is 2.40 bits per heavy atom. The van der Waals surface area contributed by atoms with Crippen LogP contribution in [-0.2, 0) is 0 Å². The Bertz CT molecular complexity index is 370. The van der Waals surface area contributed by atoms with E-state index in [1.165, 1.54) is 12.1 Å². The Hall–Kier alpha value is -1.44. The van der Waals surface area contributed by atoms with Crippen LogP contribution in [0.5, 0.6) is 0 Å². The summed E-state index contributed by atoms with van der Waals surface area (Å²) in [4.78, 5) is 11.8. The van der Waals surface area contributed by atoms with E-state index in [9.17, 15) is 9.18 Å². The van der Waals surface area contributed by atoms with E-state index in [1.807, 2.05) is 0 Å². The van der Waals surface area contributed by atoms with Crippen molar-refractivity contribution in [1.29, 1.82) is 0 Å². The van der Waals surface area contributed by atoms with Crippen molar-refractivity contribution in [1.82, 2.24) is 0 Å². The molecule has 1 aliphatic carbocycles. The van der Waals surface area contributed by atoms with Gasteiger partial charge in [-0.05, 0) is 43.0 Å². The maximum Gasteiger partial charge on any atom is 0.163 e. The molecule has 1 aromatic carbocycles. The molecule has 0 atom stereocenters. The Labute approximate surface area is 88.6 Å². The summed E-state index contributed by atoms with van der Waals surface area (Å²) in [6.45, 7) is 0. The summed E-state index contributed by atoms with van der Waals surface area (Å²) in [5, 5.41) is 0. The third-order valence-electron chi connectivity index (χ3n) is 2.75. The number of hydrogen-bond donors (Lipinski definition) is 0. The average molecular weight is 204 g/mol. The Kier molecular flexibility index (Phi) is 2.95. The van der Waals surface area contributed by atoms with E-state index in [2.05, 4.69) is 12.2 Å². The first-order valence-corrected chi connectivity index (χ1v) is 5.19. The minimum atomic E-state index is -0.297. The van der Waals surface area contributed by atoms with E-state index >= 15 is 0 Å². The molecule has 1 nitrogen and oxygen atoms in total. The van der Waals surface area contributed by atoms with Gasteiger partial charge >= 0.3 is 0 Å². The van der Waals surface area contributed by atoms with Crippen molar-refractivity contribution >= 4 is 5.78 Å². The number of Topliss-reactive ketones (excluding diaryl/α,β-unsaturated/α-hetero) is 1. The molecule has 0 bridgehead atoms. The van der Waals surface area contributed by atoms with Crippen LogP contribution in [0.2, 0.25) is 0 Å². The lowest BCUT2D eigenvalue weighted by molar-refractivity contribution is 0.0963. The molecule has 78 valence electrons. The lowest BCUT2D eigenvalue weighted by atomic mass is 9.96. The van der Waals surface area contributed by atoms with E-state index in [4.69, 9.17) is 0 Å². The monoisotopic (exact) mass is 204 g/mol. The van der Waals surface area contributed by atoms with Gasteiger partial charge in [0.2, 0.25) is 0 Å². The smallest absolute Gasteiger partial charge is 0.163 e. The number of rotatable bonds is 3. The third kappa shape index (κ3) is 2.52. The van der Waals surface area contributed by atoms with E-state index in [1.54, 1.807) is 12.1 Å². The average Bonchev–Trinajstić information content (AvgIpc) is 2.71. The molecule has 0 aliphatic heterocycles. The van der Waals surface area contributed by atoms with Crippen molar-refractivity contribution in [2.75, 3.05) is 0 Å². The summed E-state index contributed by atoms with van der Waals surface area (Å²) in [7, 11) is 0. The third-order valence-corrected chi connectivity index (χ3v) is 2.75. The number of halogens is 1. The number of carbonyl (C=O) groups is 1. The molecule has 0 saturated heterocycles. The number of ketones is 1. The quantitative estimate of drug-likeness (QED) is 0.545. The molecule has 2 heteroatoms. The second-order valence-corrected chi connectivity index (χ2v) is 3.94. The zero-order valence-electron chi connectivity index (χ0n) is 8.45. The van der Waals surface area contributed by atoms with Crippen LogP contribution in [-0.4, -0.2) is 5.78 Å². The van der Waals surface area contributed by atoms with Crippen molar-refractivity contribution in [3.05, 3.63) is 47.8 Å². The van der Waals surface area contributed by atoms with Crippen LogP contribution in [0.25, 0.3) is 0 Å². The van der Waals surface area contributed by atoms with Crippen LogP contribution in [0.3, 0.4) is 0 Å². The lowest BCUT2D eigenvalue weighted by Gasteiger charge is -2.07. The van der Waals surface area contributed by atoms with Gasteiger partial charge in [-0.25, -0.2) is 4.39 Å². The van der Waals surface area contributed by atoms with Crippen LogP contribution in [0, 0.1) is 11.7 Å². The van der Waals surface area contributed by atoms with Crippen molar-refractivity contribution in [2.24, 2.45) is 5.92 Å². The molecule has 0 saturated carbocycles. The number of hydrogen-bond acceptors (Lipinski definition) is 1. The predicted octanol–water partition coefficient (Wildman–Crippen LogP) is 3.36. The lowest BCUT2D eigenvalue weighted by Crippen LogP contribution is -2.06. The van der Waals surface area contributed by atoms with E-state index in [0.29, 0.717) is 17.9 Å². The number of carbonyl (C=O) groups excluding carboxylic acids is 1. The second kappa shape index (κ2) is 4.39. The van der Waals surface area contributed by atoms with Crippen molar-refractivity contribution in [3.8, 4) is 0 Å². The van der Waals surface area contributed by atoms with E-state index in [-0.39, 0.29) is 11.6 Å². The molecule has 0 amide bonds. The highest BCUT2D eigenvalue weighted by Gasteiger charge is 2.15. The molecule has 0 spiro atoms. The highest BCUT2D eigenvalue weighted by molar-refractivity contribution is 5.96. The normalized spacial score (nSPS) is 15.8. The van der Waals surface area contributed by atoms with Gasteiger partial charge in [0, 0.05) is 12.0 Å². The highest BCUT2D eigenvalue weighted by atomic mass is 19.1. The molecule has 1 aliphatic rings. The minimum absolute atomic E-state index is 0.115. The SMILES string of the molecule is O=C(CC1CC=CC1)c1ccc(F)cc1. The van der Waals surface area contributed by atoms with Gasteiger partial charge in [-0.15, -0.1) is 0 Å². The summed E-state index contributed by atoms with van der Waals surface area (Å²) in [5.74, 6) is 0.264. The molecular formula is C13H13FO. The fraction of sp³-hybridized carbons (Fsp3) is 0.308. The molecule has 0 aromatic heterocycles. The van der Waals surface area contributed by atoms with Gasteiger partial charge in [-0.2, -0.15) is 0 Å². The zero-order valence-corrected chi connectivity index (χ0v) is 8.45. The van der Waals surface area contributed by atoms with E-state index in [0.717, 1.165) is 12.8 Å². The van der Waals surface area contributed by atoms with Crippen molar-refractivity contribution in [2.45, 2.75) is 19.3 Å². The molecule has 0 radical (unpaired) electrons. The molecule has 0 fully saturated rings. The van der Waals surface area contributed by atoms with Crippen LogP contribution < -0.4 is 0 Å². The summed E-state index contributed by atoms with van der Waals surface area (Å²) in [5.41, 5.74) is 0.614. The first-order chi connectivity index (χ1) is 7.25. The van der Waals surface area contributed by atoms with Gasteiger partial charge in [-0.1, -0.05) is 12.2 Å². The second-order valence-electron chi connectivity index (χ2n) is 3.94. The summed E-state index contributed by atoms with van der Waals surface area (Å²) < 4.78 is 12.6. The molecule has 1 aromatic rings. The first kappa shape index (κ1) is 10.1. The zero-order chi connectivity index (χ0) is 10.7. The van der Waals surface area contributed by atoms with Gasteiger partial charge in [0.15, 0.2) is 5.78 Å². The fourth-order valence-corrected chi connectivity index (χ4v) is 1.86. The maximum absolute atomic E-state index is 12.6. The van der Waals surface area contributed by atoms with Crippen molar-refractivity contribution < 1.29 is 9.18 Å². The largest absolute Gasteiger partial charge is 0.294 e. The Morgan fingerprint density at radius 2 is 1.80 bits per heavy atom. The highest BCUT2D eigenvalue weighted by Crippen LogP contribution is 2.23. The standard InChI is InChI=1S/C13H13FO/c14-12-7-5-11(6-8-12)13(15)9-10-3-1-2-4-10/h1-2,5-8,10H,3-4,9H2. The van der Waals surface area contributed by atoms with Gasteiger partial charge < -0.3 is 0 Å². The topological polar surface area (TPSA) is 17.1 Å². The summed E-state index contributed by atoms with van der Waals surface area (Å²) in [6.07, 6.45) is 6.78. The first-order valence-electron chi connectivity index (χ1n) is 5.19. The minimum Gasteiger partial charge on any atom is -0.294 e. The number of allylic oxidation sites excluding steroid dienone is 2. The van der Waals surface area contributed by atoms with Crippen LogP contribution >= 0.6 is 0 Å². The fourth-order valence-electron chi connectivity index (χ4n) is 1.86. The van der Waals surface area contributed by atoms with Crippen LogP contribution in [0.1, 0.15) is 29.6 Å². The van der Waals surface area contributed by atoms with Crippen molar-refractivity contribution in [3.63, 3.8) is 0 Å². The molecular weight excluding hydrogens is 191 g/mol. The molecule has 15 heavy (non-hydrogen) atoms. The summed E-state index contributed by atoms with van der Waals surface area (Å²) in [6, 6.07) is 5.78. The molecule has 0 unspecified atom stereocenters. The number of benzene rings is 1.